The number of tetrazole rings is 1. The van der Waals surface area contributed by atoms with Crippen molar-refractivity contribution in [1.82, 2.24) is 25.5 Å². The highest BCUT2D eigenvalue weighted by Crippen LogP contribution is 2.37. The number of hydrogen-bond donors (Lipinski definition) is 2. The minimum atomic E-state index is -0.397. The molecule has 2 aromatic rings. The van der Waals surface area contributed by atoms with Gasteiger partial charge in [-0.3, -0.25) is 9.59 Å². The number of rotatable bonds is 7. The van der Waals surface area contributed by atoms with Gasteiger partial charge < -0.3 is 10.6 Å². The second-order valence-electron chi connectivity index (χ2n) is 6.43. The Morgan fingerprint density at radius 2 is 2.00 bits per heavy atom. The zero-order chi connectivity index (χ0) is 18.7. The van der Waals surface area contributed by atoms with Crippen molar-refractivity contribution < 1.29 is 9.59 Å². The number of thioether (sulfide) groups is 1. The number of anilines is 1. The number of aryl methyl sites for hydroxylation is 2. The summed E-state index contributed by atoms with van der Waals surface area (Å²) in [6.07, 6.45) is 2.13. The van der Waals surface area contributed by atoms with E-state index in [1.54, 1.807) is 11.6 Å². The first-order valence-electron chi connectivity index (χ1n) is 8.54. The van der Waals surface area contributed by atoms with Crippen LogP contribution in [0, 0.1) is 13.8 Å². The van der Waals surface area contributed by atoms with Crippen LogP contribution in [0.3, 0.4) is 0 Å². The molecule has 1 fully saturated rings. The minimum absolute atomic E-state index is 0.0783. The van der Waals surface area contributed by atoms with Crippen LogP contribution in [-0.4, -0.2) is 43.8 Å². The summed E-state index contributed by atoms with van der Waals surface area (Å²) in [4.78, 5) is 24.4. The number of carbonyl (C=O) groups is 2. The van der Waals surface area contributed by atoms with Crippen LogP contribution < -0.4 is 10.6 Å². The molecular weight excluding hydrogens is 352 g/mol. The molecular formula is C17H22N6O2S. The van der Waals surface area contributed by atoms with Crippen molar-refractivity contribution in [2.75, 3.05) is 11.9 Å². The molecule has 0 bridgehead atoms. The highest BCUT2D eigenvalue weighted by molar-refractivity contribution is 8.00. The topological polar surface area (TPSA) is 102 Å². The molecule has 8 nitrogen and oxygen atoms in total. The van der Waals surface area contributed by atoms with Gasteiger partial charge in [-0.1, -0.05) is 30.0 Å². The molecule has 1 aromatic carbocycles. The van der Waals surface area contributed by atoms with Gasteiger partial charge in [0.2, 0.25) is 17.0 Å². The Kier molecular flexibility index (Phi) is 5.55. The lowest BCUT2D eigenvalue weighted by atomic mass is 10.1. The summed E-state index contributed by atoms with van der Waals surface area (Å²) >= 11 is 1.30. The van der Waals surface area contributed by atoms with Crippen molar-refractivity contribution in [3.05, 3.63) is 29.3 Å². The molecule has 0 spiro atoms. The maximum Gasteiger partial charge on any atom is 0.243 e. The van der Waals surface area contributed by atoms with Crippen molar-refractivity contribution >= 4 is 29.3 Å². The zero-order valence-electron chi connectivity index (χ0n) is 15.0. The van der Waals surface area contributed by atoms with Crippen LogP contribution in [0.2, 0.25) is 0 Å². The first-order chi connectivity index (χ1) is 12.5. The second-order valence-corrected chi connectivity index (χ2v) is 7.74. The number of nitrogens with one attached hydrogen (secondary N) is 2. The quantitative estimate of drug-likeness (QED) is 0.717. The maximum absolute atomic E-state index is 12.3. The molecule has 1 atom stereocenters. The number of carbonyl (C=O) groups excluding carboxylic acids is 2. The Hall–Kier alpha value is -2.42. The lowest BCUT2D eigenvalue weighted by molar-refractivity contribution is -0.123. The SMILES string of the molecule is Cc1cccc(C)c1NC(=O)CNC(=O)C(C)Sc1nnnn1C1CC1. The van der Waals surface area contributed by atoms with Gasteiger partial charge in [0.15, 0.2) is 0 Å². The highest BCUT2D eigenvalue weighted by atomic mass is 32.2. The first kappa shape index (κ1) is 18.4. The van der Waals surface area contributed by atoms with Crippen molar-refractivity contribution in [3.8, 4) is 0 Å². The minimum Gasteiger partial charge on any atom is -0.346 e. The van der Waals surface area contributed by atoms with E-state index in [0.717, 1.165) is 29.7 Å². The van der Waals surface area contributed by atoms with Crippen LogP contribution in [0.4, 0.5) is 5.69 Å². The molecule has 3 rings (SSSR count). The normalized spacial score (nSPS) is 14.7. The zero-order valence-corrected chi connectivity index (χ0v) is 15.8. The summed E-state index contributed by atoms with van der Waals surface area (Å²) < 4.78 is 1.77. The molecule has 9 heteroatoms. The van der Waals surface area contributed by atoms with Gasteiger partial charge in [-0.15, -0.1) is 5.10 Å². The molecule has 2 amide bonds. The largest absolute Gasteiger partial charge is 0.346 e. The number of aromatic nitrogens is 4. The fourth-order valence-electron chi connectivity index (χ4n) is 2.53. The summed E-state index contributed by atoms with van der Waals surface area (Å²) in [6, 6.07) is 6.16. The third-order valence-electron chi connectivity index (χ3n) is 4.18. The Balaban J connectivity index is 1.50. The summed E-state index contributed by atoms with van der Waals surface area (Å²) in [6.45, 7) is 5.56. The van der Waals surface area contributed by atoms with Gasteiger partial charge in [0.05, 0.1) is 17.8 Å². The van der Waals surface area contributed by atoms with E-state index in [1.165, 1.54) is 11.8 Å². The maximum atomic E-state index is 12.3. The first-order valence-corrected chi connectivity index (χ1v) is 9.42. The molecule has 1 aliphatic rings. The number of nitrogens with zero attached hydrogens (tertiary/aromatic N) is 4. The molecule has 0 saturated heterocycles. The second kappa shape index (κ2) is 7.86. The Morgan fingerprint density at radius 3 is 2.65 bits per heavy atom. The molecule has 1 heterocycles. The van der Waals surface area contributed by atoms with Crippen LogP contribution in [0.1, 0.15) is 36.9 Å². The number of amides is 2. The van der Waals surface area contributed by atoms with Gasteiger partial charge in [-0.25, -0.2) is 4.68 Å². The van der Waals surface area contributed by atoms with Crippen molar-refractivity contribution in [1.29, 1.82) is 0 Å². The van der Waals surface area contributed by atoms with Gasteiger partial charge >= 0.3 is 0 Å². The van der Waals surface area contributed by atoms with Crippen LogP contribution in [0.15, 0.2) is 23.4 Å². The summed E-state index contributed by atoms with van der Waals surface area (Å²) in [5.41, 5.74) is 2.76. The summed E-state index contributed by atoms with van der Waals surface area (Å²) in [7, 11) is 0. The highest BCUT2D eigenvalue weighted by Gasteiger charge is 2.29. The average molecular weight is 374 g/mol. The average Bonchev–Trinajstić information content (AvgIpc) is 3.35. The summed E-state index contributed by atoms with van der Waals surface area (Å²) in [5, 5.41) is 17.4. The number of para-hydroxylation sites is 1. The predicted molar refractivity (Wildman–Crippen MR) is 99.0 cm³/mol. The van der Waals surface area contributed by atoms with Crippen LogP contribution >= 0.6 is 11.8 Å². The standard InChI is InChI=1S/C17H22N6O2S/c1-10-5-4-6-11(2)15(10)19-14(24)9-18-16(25)12(3)26-17-20-21-22-23(17)13-7-8-13/h4-6,12-13H,7-9H2,1-3H3,(H,18,25)(H,19,24). The van der Waals surface area contributed by atoms with E-state index in [0.29, 0.717) is 11.2 Å². The van der Waals surface area contributed by atoms with E-state index in [2.05, 4.69) is 26.2 Å². The van der Waals surface area contributed by atoms with E-state index in [1.807, 2.05) is 32.0 Å². The third-order valence-corrected chi connectivity index (χ3v) is 5.22. The Bertz CT molecular complexity index is 797. The van der Waals surface area contributed by atoms with Crippen molar-refractivity contribution in [2.24, 2.45) is 0 Å². The molecule has 1 aliphatic carbocycles. The molecule has 2 N–H and O–H groups in total. The fraction of sp³-hybridized carbons (Fsp3) is 0.471. The lowest BCUT2D eigenvalue weighted by Gasteiger charge is -2.13. The van der Waals surface area contributed by atoms with Gasteiger partial charge in [0.25, 0.3) is 0 Å². The monoisotopic (exact) mass is 374 g/mol. The molecule has 0 aliphatic heterocycles. The number of hydrogen-bond acceptors (Lipinski definition) is 6. The van der Waals surface area contributed by atoms with Crippen molar-refractivity contribution in [2.45, 2.75) is 50.1 Å². The fourth-order valence-corrected chi connectivity index (χ4v) is 3.41. The molecule has 138 valence electrons. The van der Waals surface area contributed by atoms with Gasteiger partial charge in [-0.2, -0.15) is 0 Å². The van der Waals surface area contributed by atoms with Crippen LogP contribution in [-0.2, 0) is 9.59 Å². The molecule has 1 saturated carbocycles. The van der Waals surface area contributed by atoms with E-state index in [4.69, 9.17) is 0 Å². The van der Waals surface area contributed by atoms with E-state index in [-0.39, 0.29) is 18.4 Å². The van der Waals surface area contributed by atoms with E-state index >= 15 is 0 Å². The van der Waals surface area contributed by atoms with E-state index in [9.17, 15) is 9.59 Å². The summed E-state index contributed by atoms with van der Waals surface area (Å²) in [5.74, 6) is -0.479. The number of benzene rings is 1. The molecule has 1 unspecified atom stereocenters. The Labute approximate surface area is 156 Å². The molecule has 1 aromatic heterocycles. The molecule has 26 heavy (non-hydrogen) atoms. The van der Waals surface area contributed by atoms with E-state index < -0.39 is 5.25 Å². The van der Waals surface area contributed by atoms with Gasteiger partial charge in [0.1, 0.15) is 0 Å². The van der Waals surface area contributed by atoms with Crippen molar-refractivity contribution in [3.63, 3.8) is 0 Å². The van der Waals surface area contributed by atoms with Gasteiger partial charge in [0, 0.05) is 5.69 Å². The van der Waals surface area contributed by atoms with Crippen LogP contribution in [0.25, 0.3) is 0 Å². The lowest BCUT2D eigenvalue weighted by Crippen LogP contribution is -2.37. The Morgan fingerprint density at radius 1 is 1.31 bits per heavy atom. The predicted octanol–water partition coefficient (Wildman–Crippen LogP) is 1.86. The van der Waals surface area contributed by atoms with Gasteiger partial charge in [-0.05, 0) is 55.2 Å². The molecule has 0 radical (unpaired) electrons. The third kappa shape index (κ3) is 4.40. The van der Waals surface area contributed by atoms with Crippen LogP contribution in [0.5, 0.6) is 0 Å². The smallest absolute Gasteiger partial charge is 0.243 e.